The number of carbonyl (C=O) groups excluding carboxylic acids is 2. The highest BCUT2D eigenvalue weighted by atomic mass is 19.4. The summed E-state index contributed by atoms with van der Waals surface area (Å²) in [5.74, 6) is -1.44. The minimum absolute atomic E-state index is 0.0835. The maximum Gasteiger partial charge on any atom is 0.416 e. The SMILES string of the molecule is O=C(COC(=O)COc1ccc2ccc(=O)oc2c1)Nc1cccc(C(F)(F)F)c1. The summed E-state index contributed by atoms with van der Waals surface area (Å²) in [6.45, 7) is -1.23. The number of fused-ring (bicyclic) bond motifs is 1. The summed E-state index contributed by atoms with van der Waals surface area (Å²) in [6, 6.07) is 11.5. The van der Waals surface area contributed by atoms with E-state index >= 15 is 0 Å². The van der Waals surface area contributed by atoms with Crippen molar-refractivity contribution in [2.45, 2.75) is 6.18 Å². The molecule has 0 aliphatic heterocycles. The molecule has 0 fully saturated rings. The van der Waals surface area contributed by atoms with Crippen LogP contribution in [0.3, 0.4) is 0 Å². The molecule has 0 aliphatic rings. The first kappa shape index (κ1) is 20.9. The van der Waals surface area contributed by atoms with E-state index in [0.717, 1.165) is 18.2 Å². The highest BCUT2D eigenvalue weighted by molar-refractivity contribution is 5.93. The third-order valence-electron chi connectivity index (χ3n) is 3.79. The fourth-order valence-electron chi connectivity index (χ4n) is 2.43. The molecule has 2 aromatic carbocycles. The molecule has 1 heterocycles. The van der Waals surface area contributed by atoms with Crippen molar-refractivity contribution >= 4 is 28.5 Å². The molecule has 156 valence electrons. The molecule has 1 amide bonds. The summed E-state index contributed by atoms with van der Waals surface area (Å²) in [7, 11) is 0. The van der Waals surface area contributed by atoms with Crippen LogP contribution in [0.2, 0.25) is 0 Å². The first-order valence-electron chi connectivity index (χ1n) is 8.50. The number of halogens is 3. The Morgan fingerprint density at radius 3 is 2.53 bits per heavy atom. The van der Waals surface area contributed by atoms with Crippen molar-refractivity contribution in [2.75, 3.05) is 18.5 Å². The standard InChI is InChI=1S/C20H14F3NO6/c21-20(22,23)13-2-1-3-14(8-13)24-17(25)10-29-19(27)11-28-15-6-4-12-5-7-18(26)30-16(12)9-15/h1-9H,10-11H2,(H,24,25). The molecule has 7 nitrogen and oxygen atoms in total. The van der Waals surface area contributed by atoms with Crippen molar-refractivity contribution in [2.24, 2.45) is 0 Å². The first-order valence-corrected chi connectivity index (χ1v) is 8.50. The second-order valence-electron chi connectivity index (χ2n) is 6.03. The van der Waals surface area contributed by atoms with Crippen molar-refractivity contribution in [3.63, 3.8) is 0 Å². The van der Waals surface area contributed by atoms with Crippen molar-refractivity contribution in [3.05, 3.63) is 70.6 Å². The van der Waals surface area contributed by atoms with Gasteiger partial charge in [-0.25, -0.2) is 9.59 Å². The zero-order valence-corrected chi connectivity index (χ0v) is 15.2. The fourth-order valence-corrected chi connectivity index (χ4v) is 2.43. The Kier molecular flexibility index (Phi) is 6.05. The van der Waals surface area contributed by atoms with Crippen LogP contribution in [0.5, 0.6) is 5.75 Å². The lowest BCUT2D eigenvalue weighted by molar-refractivity contribution is -0.149. The van der Waals surface area contributed by atoms with E-state index in [2.05, 4.69) is 5.32 Å². The van der Waals surface area contributed by atoms with Crippen LogP contribution in [0.1, 0.15) is 5.56 Å². The van der Waals surface area contributed by atoms with Crippen molar-refractivity contribution in [1.29, 1.82) is 0 Å². The van der Waals surface area contributed by atoms with Crippen LogP contribution in [-0.2, 0) is 20.5 Å². The second-order valence-corrected chi connectivity index (χ2v) is 6.03. The van der Waals surface area contributed by atoms with Crippen LogP contribution in [0.15, 0.2) is 63.8 Å². The minimum atomic E-state index is -4.55. The lowest BCUT2D eigenvalue weighted by Gasteiger charge is -2.10. The van der Waals surface area contributed by atoms with Crippen LogP contribution in [0.25, 0.3) is 11.0 Å². The molecule has 0 spiro atoms. The largest absolute Gasteiger partial charge is 0.482 e. The van der Waals surface area contributed by atoms with Crippen molar-refractivity contribution in [3.8, 4) is 5.75 Å². The van der Waals surface area contributed by atoms with Gasteiger partial charge in [0, 0.05) is 23.2 Å². The molecule has 0 saturated carbocycles. The van der Waals surface area contributed by atoms with Gasteiger partial charge in [-0.1, -0.05) is 6.07 Å². The number of anilines is 1. The molecule has 3 aromatic rings. The molecule has 0 radical (unpaired) electrons. The maximum atomic E-state index is 12.7. The van der Waals surface area contributed by atoms with Gasteiger partial charge < -0.3 is 19.2 Å². The minimum Gasteiger partial charge on any atom is -0.482 e. The molecule has 0 bridgehead atoms. The highest BCUT2D eigenvalue weighted by Crippen LogP contribution is 2.30. The van der Waals surface area contributed by atoms with Gasteiger partial charge in [-0.05, 0) is 36.4 Å². The highest BCUT2D eigenvalue weighted by Gasteiger charge is 2.30. The van der Waals surface area contributed by atoms with E-state index in [1.807, 2.05) is 0 Å². The van der Waals surface area contributed by atoms with E-state index in [4.69, 9.17) is 13.9 Å². The molecule has 3 rings (SSSR count). The van der Waals surface area contributed by atoms with Gasteiger partial charge in [-0.2, -0.15) is 13.2 Å². The number of ether oxygens (including phenoxy) is 2. The predicted molar refractivity (Wildman–Crippen MR) is 99.0 cm³/mol. The fraction of sp³-hybridized carbons (Fsp3) is 0.150. The number of hydrogen-bond donors (Lipinski definition) is 1. The smallest absolute Gasteiger partial charge is 0.416 e. The number of rotatable bonds is 6. The summed E-state index contributed by atoms with van der Waals surface area (Å²) in [4.78, 5) is 34.7. The Labute approximate surface area is 167 Å². The molecule has 0 saturated heterocycles. The van der Waals surface area contributed by atoms with E-state index in [-0.39, 0.29) is 17.0 Å². The molecule has 10 heteroatoms. The van der Waals surface area contributed by atoms with Gasteiger partial charge in [0.05, 0.1) is 5.56 Å². The first-order chi connectivity index (χ1) is 14.2. The molecular formula is C20H14F3NO6. The number of alkyl halides is 3. The third-order valence-corrected chi connectivity index (χ3v) is 3.79. The van der Waals surface area contributed by atoms with Gasteiger partial charge in [-0.3, -0.25) is 4.79 Å². The maximum absolute atomic E-state index is 12.7. The number of esters is 1. The average Bonchev–Trinajstić information content (AvgIpc) is 2.70. The van der Waals surface area contributed by atoms with Crippen LogP contribution in [-0.4, -0.2) is 25.1 Å². The predicted octanol–water partition coefficient (Wildman–Crippen LogP) is 3.37. The Bertz CT molecular complexity index is 1140. The van der Waals surface area contributed by atoms with Crippen molar-refractivity contribution in [1.82, 2.24) is 0 Å². The van der Waals surface area contributed by atoms with E-state index in [0.29, 0.717) is 5.39 Å². The quantitative estimate of drug-likeness (QED) is 0.485. The molecular weight excluding hydrogens is 407 g/mol. The number of hydrogen-bond acceptors (Lipinski definition) is 6. The Hall–Kier alpha value is -3.82. The van der Waals surface area contributed by atoms with Gasteiger partial charge in [-0.15, -0.1) is 0 Å². The molecule has 0 aliphatic carbocycles. The molecule has 0 unspecified atom stereocenters. The number of amides is 1. The summed E-state index contributed by atoms with van der Waals surface area (Å²) < 4.78 is 53.0. The molecule has 1 N–H and O–H groups in total. The summed E-state index contributed by atoms with van der Waals surface area (Å²) in [6.07, 6.45) is -4.55. The zero-order valence-electron chi connectivity index (χ0n) is 15.2. The molecule has 1 aromatic heterocycles. The average molecular weight is 421 g/mol. The summed E-state index contributed by atoms with van der Waals surface area (Å²) in [5.41, 5.74) is -1.27. The number of benzene rings is 2. The second kappa shape index (κ2) is 8.68. The van der Waals surface area contributed by atoms with E-state index in [9.17, 15) is 27.6 Å². The van der Waals surface area contributed by atoms with Crippen LogP contribution < -0.4 is 15.7 Å². The topological polar surface area (TPSA) is 94.8 Å². The van der Waals surface area contributed by atoms with E-state index < -0.39 is 42.5 Å². The van der Waals surface area contributed by atoms with Crippen LogP contribution >= 0.6 is 0 Å². The third kappa shape index (κ3) is 5.60. The van der Waals surface area contributed by atoms with Crippen LogP contribution in [0, 0.1) is 0 Å². The lowest BCUT2D eigenvalue weighted by Crippen LogP contribution is -2.23. The normalized spacial score (nSPS) is 11.2. The van der Waals surface area contributed by atoms with Crippen LogP contribution in [0.4, 0.5) is 18.9 Å². The monoisotopic (exact) mass is 421 g/mol. The Morgan fingerprint density at radius 2 is 1.77 bits per heavy atom. The lowest BCUT2D eigenvalue weighted by atomic mass is 10.2. The van der Waals surface area contributed by atoms with Gasteiger partial charge in [0.15, 0.2) is 13.2 Å². The summed E-state index contributed by atoms with van der Waals surface area (Å²) >= 11 is 0. The van der Waals surface area contributed by atoms with E-state index in [1.54, 1.807) is 18.2 Å². The van der Waals surface area contributed by atoms with Gasteiger partial charge in [0.1, 0.15) is 11.3 Å². The molecule has 0 atom stereocenters. The Balaban J connectivity index is 1.49. The molecule has 30 heavy (non-hydrogen) atoms. The van der Waals surface area contributed by atoms with Gasteiger partial charge >= 0.3 is 17.8 Å². The zero-order chi connectivity index (χ0) is 21.7. The summed E-state index contributed by atoms with van der Waals surface area (Å²) in [5, 5.41) is 2.87. The number of carbonyl (C=O) groups is 2. The van der Waals surface area contributed by atoms with E-state index in [1.165, 1.54) is 18.2 Å². The number of nitrogens with one attached hydrogen (secondary N) is 1. The Morgan fingerprint density at radius 1 is 1.00 bits per heavy atom. The van der Waals surface area contributed by atoms with Gasteiger partial charge in [0.25, 0.3) is 5.91 Å². The van der Waals surface area contributed by atoms with Crippen molar-refractivity contribution < 1.29 is 36.7 Å². The van der Waals surface area contributed by atoms with Gasteiger partial charge in [0.2, 0.25) is 0 Å².